The van der Waals surface area contributed by atoms with E-state index in [2.05, 4.69) is 19.9 Å². The quantitative estimate of drug-likeness (QED) is 0.228. The van der Waals surface area contributed by atoms with Crippen LogP contribution >= 0.6 is 0 Å². The molecular weight excluding hydrogens is 536 g/mol. The minimum Gasteiger partial charge on any atom is -0.457 e. The Kier molecular flexibility index (Phi) is 9.55. The van der Waals surface area contributed by atoms with Crippen LogP contribution in [0.1, 0.15) is 105 Å². The largest absolute Gasteiger partial charge is 0.457 e. The van der Waals surface area contributed by atoms with Crippen molar-refractivity contribution in [2.75, 3.05) is 13.2 Å². The zero-order valence-electron chi connectivity index (χ0n) is 26.5. The molecule has 5 rings (SSSR count). The molecule has 12 unspecified atom stereocenters. The first-order valence-electron chi connectivity index (χ1n) is 16.6. The fraction of sp³-hybridized carbons (Fsp3) is 0.912. The molecule has 42 heavy (non-hydrogen) atoms. The summed E-state index contributed by atoms with van der Waals surface area (Å²) < 4.78 is 17.0. The molecular formula is C34H56O8. The van der Waals surface area contributed by atoms with Crippen molar-refractivity contribution in [2.24, 2.45) is 40.4 Å². The van der Waals surface area contributed by atoms with E-state index >= 15 is 0 Å². The smallest absolute Gasteiger partial charge is 0.303 e. The summed E-state index contributed by atoms with van der Waals surface area (Å²) >= 11 is 0. The van der Waals surface area contributed by atoms with E-state index in [1.54, 1.807) is 0 Å². The first-order valence-corrected chi connectivity index (χ1v) is 16.6. The predicted octanol–water partition coefficient (Wildman–Crippen LogP) is 4.51. The molecule has 8 heteroatoms. The molecule has 4 aliphatic carbocycles. The van der Waals surface area contributed by atoms with Crippen molar-refractivity contribution in [3.63, 3.8) is 0 Å². The summed E-state index contributed by atoms with van der Waals surface area (Å²) in [7, 11) is 0. The van der Waals surface area contributed by atoms with Gasteiger partial charge in [0, 0.05) is 12.3 Å². The molecule has 0 aromatic heterocycles. The lowest BCUT2D eigenvalue weighted by molar-refractivity contribution is -0.287. The highest BCUT2D eigenvalue weighted by Gasteiger charge is 2.60. The molecule has 0 amide bonds. The van der Waals surface area contributed by atoms with E-state index in [0.717, 1.165) is 44.4 Å². The van der Waals surface area contributed by atoms with Crippen LogP contribution in [0.2, 0.25) is 0 Å². The summed E-state index contributed by atoms with van der Waals surface area (Å²) in [5, 5.41) is 42.3. The van der Waals surface area contributed by atoms with E-state index in [1.165, 1.54) is 38.2 Å². The summed E-state index contributed by atoms with van der Waals surface area (Å²) in [5.74, 6) is 2.62. The van der Waals surface area contributed by atoms with Gasteiger partial charge in [0.05, 0.1) is 24.9 Å². The topological polar surface area (TPSA) is 126 Å². The number of hydrogen-bond donors (Lipinski definition) is 4. The third kappa shape index (κ3) is 6.10. The van der Waals surface area contributed by atoms with E-state index in [4.69, 9.17) is 14.2 Å². The van der Waals surface area contributed by atoms with E-state index in [9.17, 15) is 25.2 Å². The molecule has 0 spiro atoms. The van der Waals surface area contributed by atoms with Gasteiger partial charge in [-0.2, -0.15) is 0 Å². The van der Waals surface area contributed by atoms with Crippen LogP contribution in [0.5, 0.6) is 0 Å². The summed E-state index contributed by atoms with van der Waals surface area (Å²) in [4.78, 5) is 11.3. The maximum absolute atomic E-state index is 11.3. The molecule has 1 heterocycles. The maximum Gasteiger partial charge on any atom is 0.303 e. The second kappa shape index (κ2) is 12.4. The van der Waals surface area contributed by atoms with Crippen LogP contribution in [0, 0.1) is 40.4 Å². The molecule has 5 aliphatic rings. The van der Waals surface area contributed by atoms with Crippen molar-refractivity contribution >= 4 is 5.97 Å². The highest BCUT2D eigenvalue weighted by Crippen LogP contribution is 2.67. The molecule has 4 fully saturated rings. The number of aliphatic hydroxyl groups excluding tert-OH is 3. The molecule has 8 nitrogen and oxygen atoms in total. The Labute approximate surface area is 252 Å². The molecule has 1 aliphatic heterocycles. The molecule has 4 N–H and O–H groups in total. The van der Waals surface area contributed by atoms with Crippen LogP contribution in [0.3, 0.4) is 0 Å². The summed E-state index contributed by atoms with van der Waals surface area (Å²) in [6, 6.07) is 0. The van der Waals surface area contributed by atoms with Crippen molar-refractivity contribution in [3.05, 3.63) is 11.6 Å². The number of aliphatic hydroxyl groups is 4. The Bertz CT molecular complexity index is 991. The summed E-state index contributed by atoms with van der Waals surface area (Å²) in [6.07, 6.45) is 9.20. The molecule has 12 atom stereocenters. The predicted molar refractivity (Wildman–Crippen MR) is 158 cm³/mol. The third-order valence-electron chi connectivity index (χ3n) is 12.4. The van der Waals surface area contributed by atoms with Gasteiger partial charge >= 0.3 is 5.97 Å². The monoisotopic (exact) mass is 592 g/mol. The SMILES string of the molecule is CC(=O)OC1COC(OC2CCC3(CO)C(=CCC4C3CCC3(C)C(C(C)CCCC(C)(C)O)CCC43)C2)C(O)C1O. The number of carbonyl (C=O) groups excluding carboxylic acids is 1. The number of allylic oxidation sites excluding steroid dienone is 1. The van der Waals surface area contributed by atoms with Crippen molar-refractivity contribution in [2.45, 2.75) is 142 Å². The highest BCUT2D eigenvalue weighted by molar-refractivity contribution is 5.66. The number of fused-ring (bicyclic) bond motifs is 5. The normalized spacial score (nSPS) is 44.4. The number of esters is 1. The minimum absolute atomic E-state index is 0.0264. The van der Waals surface area contributed by atoms with E-state index in [1.807, 2.05) is 13.8 Å². The van der Waals surface area contributed by atoms with Gasteiger partial charge < -0.3 is 34.6 Å². The zero-order valence-corrected chi connectivity index (χ0v) is 26.5. The Hall–Kier alpha value is -1.03. The average Bonchev–Trinajstić information content (AvgIpc) is 3.29. The van der Waals surface area contributed by atoms with Crippen LogP contribution < -0.4 is 0 Å². The van der Waals surface area contributed by atoms with Gasteiger partial charge in [-0.15, -0.1) is 0 Å². The van der Waals surface area contributed by atoms with Crippen molar-refractivity contribution in [1.82, 2.24) is 0 Å². The zero-order chi connectivity index (χ0) is 30.4. The molecule has 0 bridgehead atoms. The van der Waals surface area contributed by atoms with Crippen LogP contribution in [0.25, 0.3) is 0 Å². The van der Waals surface area contributed by atoms with Crippen LogP contribution in [-0.2, 0) is 19.0 Å². The number of ether oxygens (including phenoxy) is 3. The van der Waals surface area contributed by atoms with E-state index in [0.29, 0.717) is 35.5 Å². The van der Waals surface area contributed by atoms with Crippen molar-refractivity contribution in [1.29, 1.82) is 0 Å². The Morgan fingerprint density at radius 2 is 1.90 bits per heavy atom. The number of rotatable bonds is 9. The van der Waals surface area contributed by atoms with Gasteiger partial charge in [-0.1, -0.05) is 38.3 Å². The molecule has 0 radical (unpaired) electrons. The molecule has 3 saturated carbocycles. The van der Waals surface area contributed by atoms with Gasteiger partial charge in [-0.25, -0.2) is 0 Å². The van der Waals surface area contributed by atoms with Gasteiger partial charge in [0.15, 0.2) is 12.4 Å². The summed E-state index contributed by atoms with van der Waals surface area (Å²) in [5.41, 5.74) is 0.848. The van der Waals surface area contributed by atoms with Gasteiger partial charge in [0.2, 0.25) is 0 Å². The minimum atomic E-state index is -1.30. The van der Waals surface area contributed by atoms with E-state index in [-0.39, 0.29) is 24.7 Å². The van der Waals surface area contributed by atoms with Gasteiger partial charge in [-0.05, 0) is 107 Å². The van der Waals surface area contributed by atoms with Crippen molar-refractivity contribution in [3.8, 4) is 0 Å². The Morgan fingerprint density at radius 1 is 1.14 bits per heavy atom. The summed E-state index contributed by atoms with van der Waals surface area (Å²) in [6.45, 7) is 10.2. The second-order valence-corrected chi connectivity index (χ2v) is 15.4. The fourth-order valence-corrected chi connectivity index (χ4v) is 10.3. The molecule has 1 saturated heterocycles. The molecule has 240 valence electrons. The Balaban J connectivity index is 1.23. The van der Waals surface area contributed by atoms with Gasteiger partial charge in [-0.3, -0.25) is 4.79 Å². The lowest BCUT2D eigenvalue weighted by atomic mass is 9.46. The molecule has 0 aromatic rings. The van der Waals surface area contributed by atoms with Crippen LogP contribution in [-0.4, -0.2) is 75.9 Å². The number of hydrogen-bond acceptors (Lipinski definition) is 8. The van der Waals surface area contributed by atoms with Gasteiger partial charge in [0.25, 0.3) is 0 Å². The standard InChI is InChI=1S/C34H56O8/c1-20(7-6-14-32(3,4)39)25-10-11-26-24-9-8-22-17-23(12-16-34(22,19-35)27(24)13-15-33(25,26)5)42-31-30(38)29(37)28(18-40-31)41-21(2)36/h8,20,23-31,35,37-39H,6-7,9-19H2,1-5H3. The lowest BCUT2D eigenvalue weighted by Gasteiger charge is -2.59. The second-order valence-electron chi connectivity index (χ2n) is 15.4. The first kappa shape index (κ1) is 32.4. The average molecular weight is 593 g/mol. The third-order valence-corrected chi connectivity index (χ3v) is 12.4. The maximum atomic E-state index is 11.3. The lowest BCUT2D eigenvalue weighted by Crippen LogP contribution is -2.56. The van der Waals surface area contributed by atoms with Crippen LogP contribution in [0.15, 0.2) is 11.6 Å². The molecule has 0 aromatic carbocycles. The van der Waals surface area contributed by atoms with Gasteiger partial charge in [0.1, 0.15) is 12.2 Å². The number of carbonyl (C=O) groups is 1. The highest BCUT2D eigenvalue weighted by atomic mass is 16.7. The van der Waals surface area contributed by atoms with Crippen LogP contribution in [0.4, 0.5) is 0 Å². The van der Waals surface area contributed by atoms with E-state index < -0.39 is 36.2 Å². The first-order chi connectivity index (χ1) is 19.8. The Morgan fingerprint density at radius 3 is 2.60 bits per heavy atom. The van der Waals surface area contributed by atoms with Crippen molar-refractivity contribution < 1.29 is 39.4 Å². The fourth-order valence-electron chi connectivity index (χ4n) is 10.3.